The van der Waals surface area contributed by atoms with Gasteiger partial charge in [0.25, 0.3) is 10.0 Å². The smallest absolute Gasteiger partial charge is 0.545 e. The molecule has 0 spiro atoms. The molecule has 0 atom stereocenters. The number of carbonyl (C=O) groups excluding carboxylic acids is 1. The largest absolute Gasteiger partial charge is 1.00 e. The number of furan rings is 1. The molecule has 0 unspecified atom stereocenters. The molecule has 3 aromatic carbocycles. The minimum Gasteiger partial charge on any atom is -0.545 e. The molecule has 178 valence electrons. The number of hydrogen-bond donors (Lipinski definition) is 0. The van der Waals surface area contributed by atoms with Crippen LogP contribution in [0.4, 0.5) is 0 Å². The third-order valence-corrected chi connectivity index (χ3v) is 7.27. The van der Waals surface area contributed by atoms with E-state index in [1.165, 1.54) is 24.5 Å². The summed E-state index contributed by atoms with van der Waals surface area (Å²) in [4.78, 5) is 11.9. The monoisotopic (exact) mass is 502 g/mol. The van der Waals surface area contributed by atoms with Crippen molar-refractivity contribution in [2.24, 2.45) is 0 Å². The van der Waals surface area contributed by atoms with Gasteiger partial charge in [-0.3, -0.25) is 0 Å². The van der Waals surface area contributed by atoms with Crippen molar-refractivity contribution < 1.29 is 41.6 Å². The number of carboxylic acids is 1. The van der Waals surface area contributed by atoms with E-state index in [2.05, 4.69) is 12.0 Å². The van der Waals surface area contributed by atoms with Gasteiger partial charge >= 0.3 is 18.9 Å². The topological polar surface area (TPSA) is 95.6 Å². The van der Waals surface area contributed by atoms with Crippen LogP contribution in [0.3, 0.4) is 0 Å². The van der Waals surface area contributed by atoms with Crippen LogP contribution < -0.4 is 24.0 Å². The molecule has 9 heteroatoms. The molecule has 0 N–H and O–H groups in total. The van der Waals surface area contributed by atoms with E-state index in [0.717, 1.165) is 9.87 Å². The van der Waals surface area contributed by atoms with Gasteiger partial charge in [0.2, 0.25) is 0 Å². The summed E-state index contributed by atoms with van der Waals surface area (Å²) < 4.78 is 35.4. The molecule has 0 aliphatic rings. The number of sulfonamides is 1. The molecule has 0 aliphatic heterocycles. The quantitative estimate of drug-likeness (QED) is 0.194. The number of carboxylic acid groups (broad SMARTS) is 1. The summed E-state index contributed by atoms with van der Waals surface area (Å²) in [5.41, 5.74) is 1.90. The Hall–Kier alpha value is -4.14. The zero-order chi connectivity index (χ0) is 25.1. The zero-order valence-corrected chi connectivity index (χ0v) is 20.7. The standard InChI is InChI=1S/C28H20N2O5S.Li/c31-28(32)25-10-6-9-22(27(25)29-15-4-5-16-29)13-17-30(20-21-7-2-1-3-8-21)36(33,34)24-11-12-26-23(19-24)14-18-35-26;/h1-12,14-16,18-19H,20H2,(H,31,32);/q;+1/p-1. The molecule has 5 aromatic rings. The van der Waals surface area contributed by atoms with E-state index in [0.29, 0.717) is 22.2 Å². The first-order chi connectivity index (χ1) is 17.4. The predicted molar refractivity (Wildman–Crippen MR) is 132 cm³/mol. The molecule has 2 heterocycles. The van der Waals surface area contributed by atoms with Crippen LogP contribution in [-0.4, -0.2) is 23.3 Å². The van der Waals surface area contributed by atoms with Crippen LogP contribution in [0.2, 0.25) is 0 Å². The van der Waals surface area contributed by atoms with Crippen LogP contribution in [0.25, 0.3) is 16.7 Å². The molecule has 2 aromatic heterocycles. The Bertz CT molecular complexity index is 1720. The van der Waals surface area contributed by atoms with Crippen molar-refractivity contribution >= 4 is 27.0 Å². The molecular weight excluding hydrogens is 483 g/mol. The normalized spacial score (nSPS) is 10.8. The van der Waals surface area contributed by atoms with Gasteiger partial charge in [-0.05, 0) is 53.9 Å². The van der Waals surface area contributed by atoms with Crippen LogP contribution in [0.15, 0.2) is 113 Å². The van der Waals surface area contributed by atoms with Crippen LogP contribution >= 0.6 is 0 Å². The second-order valence-corrected chi connectivity index (χ2v) is 9.80. The van der Waals surface area contributed by atoms with Crippen molar-refractivity contribution in [3.8, 4) is 17.7 Å². The van der Waals surface area contributed by atoms with Gasteiger partial charge in [-0.25, -0.2) is 12.7 Å². The third-order valence-electron chi connectivity index (χ3n) is 5.61. The predicted octanol–water partition coefficient (Wildman–Crippen LogP) is 0.791. The van der Waals surface area contributed by atoms with Crippen LogP contribution in [0, 0.1) is 12.0 Å². The fraction of sp³-hybridized carbons (Fsp3) is 0.0357. The Morgan fingerprint density at radius 3 is 2.43 bits per heavy atom. The van der Waals surface area contributed by atoms with Gasteiger partial charge < -0.3 is 18.9 Å². The second-order valence-electron chi connectivity index (χ2n) is 7.93. The number of nitrogens with zero attached hydrogens (tertiary/aromatic N) is 2. The van der Waals surface area contributed by atoms with E-state index in [1.54, 1.807) is 53.4 Å². The van der Waals surface area contributed by atoms with Gasteiger partial charge in [0.1, 0.15) is 5.58 Å². The van der Waals surface area contributed by atoms with E-state index < -0.39 is 16.0 Å². The van der Waals surface area contributed by atoms with E-state index >= 15 is 0 Å². The summed E-state index contributed by atoms with van der Waals surface area (Å²) in [7, 11) is -4.05. The molecule has 0 bridgehead atoms. The van der Waals surface area contributed by atoms with E-state index in [-0.39, 0.29) is 35.9 Å². The van der Waals surface area contributed by atoms with Crippen molar-refractivity contribution in [3.63, 3.8) is 0 Å². The number of carbonyl (C=O) groups is 1. The van der Waals surface area contributed by atoms with Gasteiger partial charge in [0.15, 0.2) is 0 Å². The summed E-state index contributed by atoms with van der Waals surface area (Å²) >= 11 is 0. The van der Waals surface area contributed by atoms with Crippen LogP contribution in [0.5, 0.6) is 0 Å². The number of aromatic nitrogens is 1. The SMILES string of the molecule is O=C([O-])c1cccc(C#CN(Cc2ccccc2)S(=O)(=O)c2ccc3occc3c2)c1-n1cccc1.[Li+]. The number of benzene rings is 3. The van der Waals surface area contributed by atoms with Gasteiger partial charge in [-0.2, -0.15) is 0 Å². The van der Waals surface area contributed by atoms with Gasteiger partial charge in [0.05, 0.1) is 34.9 Å². The molecule has 5 rings (SSSR count). The van der Waals surface area contributed by atoms with E-state index in [9.17, 15) is 18.3 Å². The van der Waals surface area contributed by atoms with Crippen molar-refractivity contribution in [2.45, 2.75) is 11.4 Å². The molecule has 0 saturated carbocycles. The number of fused-ring (bicyclic) bond motifs is 1. The molecule has 37 heavy (non-hydrogen) atoms. The first kappa shape index (κ1) is 25.9. The Labute approximate surface area is 226 Å². The third kappa shape index (κ3) is 5.35. The number of aromatic carboxylic acids is 1. The number of rotatable bonds is 6. The van der Waals surface area contributed by atoms with Crippen molar-refractivity contribution in [1.82, 2.24) is 8.87 Å². The first-order valence-corrected chi connectivity index (χ1v) is 12.4. The van der Waals surface area contributed by atoms with Crippen LogP contribution in [-0.2, 0) is 16.6 Å². The summed E-state index contributed by atoms with van der Waals surface area (Å²) in [5, 5.41) is 12.4. The van der Waals surface area contributed by atoms with Crippen molar-refractivity contribution in [2.75, 3.05) is 0 Å². The Morgan fingerprint density at radius 1 is 0.946 bits per heavy atom. The number of para-hydroxylation sites is 1. The average Bonchev–Trinajstić information content (AvgIpc) is 3.58. The molecule has 0 saturated heterocycles. The summed E-state index contributed by atoms with van der Waals surface area (Å²) in [6.07, 6.45) is 4.87. The summed E-state index contributed by atoms with van der Waals surface area (Å²) in [5.74, 6) is 1.53. The summed E-state index contributed by atoms with van der Waals surface area (Å²) in [6.45, 7) is -0.00136. The summed E-state index contributed by atoms with van der Waals surface area (Å²) in [6, 6.07) is 26.3. The van der Waals surface area contributed by atoms with Gasteiger partial charge in [0, 0.05) is 29.4 Å². The Kier molecular flexibility index (Phi) is 7.61. The van der Waals surface area contributed by atoms with Gasteiger partial charge in [-0.1, -0.05) is 42.5 Å². The first-order valence-electron chi connectivity index (χ1n) is 11.0. The van der Waals surface area contributed by atoms with E-state index in [4.69, 9.17) is 4.42 Å². The molecule has 0 fully saturated rings. The average molecular weight is 502 g/mol. The van der Waals surface area contributed by atoms with Crippen molar-refractivity contribution in [1.29, 1.82) is 0 Å². The van der Waals surface area contributed by atoms with Crippen molar-refractivity contribution in [3.05, 3.63) is 120 Å². The molecule has 0 aliphatic carbocycles. The van der Waals surface area contributed by atoms with Crippen LogP contribution in [0.1, 0.15) is 21.5 Å². The molecule has 0 radical (unpaired) electrons. The number of hydrogen-bond acceptors (Lipinski definition) is 5. The van der Waals surface area contributed by atoms with Gasteiger partial charge in [-0.15, -0.1) is 0 Å². The van der Waals surface area contributed by atoms with E-state index in [1.807, 2.05) is 30.3 Å². The second kappa shape index (κ2) is 10.9. The molecule has 7 nitrogen and oxygen atoms in total. The Balaban J connectivity index is 0.00000320. The Morgan fingerprint density at radius 2 is 1.70 bits per heavy atom. The maximum atomic E-state index is 13.7. The minimum atomic E-state index is -4.05. The maximum absolute atomic E-state index is 13.7. The maximum Gasteiger partial charge on any atom is 1.00 e. The fourth-order valence-electron chi connectivity index (χ4n) is 3.86. The zero-order valence-electron chi connectivity index (χ0n) is 19.9. The fourth-order valence-corrected chi connectivity index (χ4v) is 5.11. The molecular formula is C28H19LiN2O5S. The molecule has 0 amide bonds. The minimum absolute atomic E-state index is 0.